The second-order valence-electron chi connectivity index (χ2n) is 7.31. The van der Waals surface area contributed by atoms with Crippen LogP contribution >= 0.6 is 0 Å². The molecule has 5 nitrogen and oxygen atoms in total. The quantitative estimate of drug-likeness (QED) is 0.472. The molecule has 0 aliphatic rings. The molecule has 4 aromatic rings. The fraction of sp³-hybridized carbons (Fsp3) is 0.115. The van der Waals surface area contributed by atoms with E-state index in [4.69, 9.17) is 0 Å². The zero-order valence-electron chi connectivity index (χ0n) is 17.2. The van der Waals surface area contributed by atoms with Crippen molar-refractivity contribution in [3.05, 3.63) is 114 Å². The van der Waals surface area contributed by atoms with Gasteiger partial charge >= 0.3 is 0 Å². The third-order valence-corrected chi connectivity index (χ3v) is 5.27. The summed E-state index contributed by atoms with van der Waals surface area (Å²) < 4.78 is 0. The summed E-state index contributed by atoms with van der Waals surface area (Å²) in [4.78, 5) is 24.0. The molecule has 0 aliphatic heterocycles. The summed E-state index contributed by atoms with van der Waals surface area (Å²) in [6.07, 6.45) is 3.13. The van der Waals surface area contributed by atoms with E-state index in [2.05, 4.69) is 9.97 Å². The van der Waals surface area contributed by atoms with Crippen molar-refractivity contribution >= 4 is 5.91 Å². The molecule has 3 aromatic carbocycles. The number of rotatable bonds is 6. The third-order valence-electron chi connectivity index (χ3n) is 5.27. The first-order valence-electron chi connectivity index (χ1n) is 10.1. The maximum absolute atomic E-state index is 13.5. The Hall–Kier alpha value is -3.99. The summed E-state index contributed by atoms with van der Waals surface area (Å²) in [7, 11) is 0. The van der Waals surface area contributed by atoms with Crippen LogP contribution in [0.25, 0.3) is 11.4 Å². The van der Waals surface area contributed by atoms with Gasteiger partial charge in [-0.3, -0.25) is 4.79 Å². The average Bonchev–Trinajstić information content (AvgIpc) is 2.84. The Morgan fingerprint density at radius 2 is 1.45 bits per heavy atom. The van der Waals surface area contributed by atoms with Gasteiger partial charge in [-0.2, -0.15) is 0 Å². The molecule has 154 valence electrons. The Bertz CT molecular complexity index is 1150. The van der Waals surface area contributed by atoms with Gasteiger partial charge in [0.25, 0.3) is 5.91 Å². The summed E-state index contributed by atoms with van der Waals surface area (Å²) in [6.45, 7) is 2.24. The average molecular weight is 409 g/mol. The highest BCUT2D eigenvalue weighted by Gasteiger charge is 2.24. The van der Waals surface area contributed by atoms with E-state index in [9.17, 15) is 9.90 Å². The van der Waals surface area contributed by atoms with Crippen molar-refractivity contribution in [1.82, 2.24) is 14.9 Å². The van der Waals surface area contributed by atoms with E-state index >= 15 is 0 Å². The van der Waals surface area contributed by atoms with E-state index in [1.807, 2.05) is 79.7 Å². The second-order valence-corrected chi connectivity index (χ2v) is 7.31. The van der Waals surface area contributed by atoms with Crippen LogP contribution in [0.4, 0.5) is 0 Å². The summed E-state index contributed by atoms with van der Waals surface area (Å²) in [5, 5.41) is 10.3. The molecule has 0 fully saturated rings. The van der Waals surface area contributed by atoms with Crippen LogP contribution in [-0.2, 0) is 6.54 Å². The predicted molar refractivity (Wildman–Crippen MR) is 120 cm³/mol. The highest BCUT2D eigenvalue weighted by atomic mass is 16.3. The SMILES string of the molecule is CC(c1ccccc1)N(Cc1ccccc1O)C(=O)c1cnc(-c2ccccc2)nc1. The summed E-state index contributed by atoms with van der Waals surface area (Å²) in [5.74, 6) is 0.538. The molecule has 0 saturated heterocycles. The number of phenols is 1. The standard InChI is InChI=1S/C26H23N3O2/c1-19(20-10-4-2-5-11-20)29(18-22-14-8-9-15-24(22)30)26(31)23-16-27-25(28-17-23)21-12-6-3-7-13-21/h2-17,19,30H,18H2,1H3. The van der Waals surface area contributed by atoms with E-state index in [-0.39, 0.29) is 24.2 Å². The molecule has 1 heterocycles. The number of benzene rings is 3. The van der Waals surface area contributed by atoms with Crippen LogP contribution in [0.3, 0.4) is 0 Å². The first-order valence-corrected chi connectivity index (χ1v) is 10.1. The van der Waals surface area contributed by atoms with E-state index in [1.165, 1.54) is 0 Å². The lowest BCUT2D eigenvalue weighted by atomic mass is 10.0. The summed E-state index contributed by atoms with van der Waals surface area (Å²) >= 11 is 0. The molecular weight excluding hydrogens is 386 g/mol. The number of aromatic nitrogens is 2. The Labute approximate surface area is 181 Å². The first kappa shape index (κ1) is 20.3. The smallest absolute Gasteiger partial charge is 0.257 e. The Balaban J connectivity index is 1.65. The maximum Gasteiger partial charge on any atom is 0.257 e. The van der Waals surface area contributed by atoms with E-state index in [0.717, 1.165) is 11.1 Å². The number of hydrogen-bond donors (Lipinski definition) is 1. The van der Waals surface area contributed by atoms with Gasteiger partial charge in [0, 0.05) is 23.5 Å². The van der Waals surface area contributed by atoms with Crippen LogP contribution in [0.5, 0.6) is 5.75 Å². The summed E-state index contributed by atoms with van der Waals surface area (Å²) in [6, 6.07) is 26.3. The van der Waals surface area contributed by atoms with Gasteiger partial charge in [-0.1, -0.05) is 78.9 Å². The molecule has 1 N–H and O–H groups in total. The zero-order valence-corrected chi connectivity index (χ0v) is 17.2. The lowest BCUT2D eigenvalue weighted by Gasteiger charge is -2.30. The lowest BCUT2D eigenvalue weighted by molar-refractivity contribution is 0.0672. The van der Waals surface area contributed by atoms with Crippen molar-refractivity contribution in [1.29, 1.82) is 0 Å². The van der Waals surface area contributed by atoms with Crippen molar-refractivity contribution in [3.8, 4) is 17.1 Å². The molecule has 0 saturated carbocycles. The molecule has 1 aromatic heterocycles. The lowest BCUT2D eigenvalue weighted by Crippen LogP contribution is -2.33. The van der Waals surface area contributed by atoms with Gasteiger partial charge in [-0.15, -0.1) is 0 Å². The molecule has 0 spiro atoms. The highest BCUT2D eigenvalue weighted by molar-refractivity contribution is 5.94. The number of amides is 1. The largest absolute Gasteiger partial charge is 0.508 e. The van der Waals surface area contributed by atoms with Crippen LogP contribution in [0.2, 0.25) is 0 Å². The summed E-state index contributed by atoms with van der Waals surface area (Å²) in [5.41, 5.74) is 2.98. The molecule has 1 unspecified atom stereocenters. The minimum absolute atomic E-state index is 0.163. The molecular formula is C26H23N3O2. The number of hydrogen-bond acceptors (Lipinski definition) is 4. The van der Waals surface area contributed by atoms with Crippen molar-refractivity contribution < 1.29 is 9.90 Å². The molecule has 31 heavy (non-hydrogen) atoms. The van der Waals surface area contributed by atoms with E-state index in [1.54, 1.807) is 29.4 Å². The zero-order chi connectivity index (χ0) is 21.6. The fourth-order valence-corrected chi connectivity index (χ4v) is 3.46. The molecule has 4 rings (SSSR count). The van der Waals surface area contributed by atoms with Crippen LogP contribution in [0.1, 0.15) is 34.5 Å². The molecule has 1 atom stereocenters. The number of nitrogens with zero attached hydrogens (tertiary/aromatic N) is 3. The van der Waals surface area contributed by atoms with Crippen molar-refractivity contribution in [2.24, 2.45) is 0 Å². The molecule has 0 radical (unpaired) electrons. The minimum atomic E-state index is -0.206. The number of para-hydroxylation sites is 1. The van der Waals surface area contributed by atoms with E-state index < -0.39 is 0 Å². The van der Waals surface area contributed by atoms with Gasteiger partial charge in [0.1, 0.15) is 5.75 Å². The van der Waals surface area contributed by atoms with Gasteiger partial charge in [-0.25, -0.2) is 9.97 Å². The number of phenolic OH excluding ortho intramolecular Hbond substituents is 1. The Morgan fingerprint density at radius 1 is 0.871 bits per heavy atom. The number of aromatic hydroxyl groups is 1. The minimum Gasteiger partial charge on any atom is -0.508 e. The maximum atomic E-state index is 13.5. The number of carbonyl (C=O) groups is 1. The number of carbonyl (C=O) groups excluding carboxylic acids is 1. The van der Waals surface area contributed by atoms with Gasteiger partial charge in [0.05, 0.1) is 18.2 Å². The second kappa shape index (κ2) is 9.22. The van der Waals surface area contributed by atoms with Gasteiger partial charge in [-0.05, 0) is 18.6 Å². The predicted octanol–water partition coefficient (Wildman–Crippen LogP) is 5.25. The molecule has 0 aliphatic carbocycles. The molecule has 0 bridgehead atoms. The normalized spacial score (nSPS) is 11.6. The topological polar surface area (TPSA) is 66.3 Å². The van der Waals surface area contributed by atoms with Crippen LogP contribution in [0.15, 0.2) is 97.3 Å². The van der Waals surface area contributed by atoms with Crippen LogP contribution in [0, 0.1) is 0 Å². The third kappa shape index (κ3) is 4.61. The Morgan fingerprint density at radius 3 is 2.10 bits per heavy atom. The van der Waals surface area contributed by atoms with Crippen LogP contribution < -0.4 is 0 Å². The van der Waals surface area contributed by atoms with Gasteiger partial charge in [0.2, 0.25) is 0 Å². The monoisotopic (exact) mass is 409 g/mol. The fourth-order valence-electron chi connectivity index (χ4n) is 3.46. The molecule has 5 heteroatoms. The first-order chi connectivity index (χ1) is 15.1. The van der Waals surface area contributed by atoms with Crippen LogP contribution in [-0.4, -0.2) is 25.9 Å². The van der Waals surface area contributed by atoms with Gasteiger partial charge < -0.3 is 10.0 Å². The highest BCUT2D eigenvalue weighted by Crippen LogP contribution is 2.27. The molecule has 1 amide bonds. The van der Waals surface area contributed by atoms with E-state index in [0.29, 0.717) is 17.0 Å². The van der Waals surface area contributed by atoms with Gasteiger partial charge in [0.15, 0.2) is 5.82 Å². The van der Waals surface area contributed by atoms with Crippen molar-refractivity contribution in [2.45, 2.75) is 19.5 Å². The van der Waals surface area contributed by atoms with Crippen molar-refractivity contribution in [3.63, 3.8) is 0 Å². The Kier molecular flexibility index (Phi) is 6.03. The van der Waals surface area contributed by atoms with Crippen molar-refractivity contribution in [2.75, 3.05) is 0 Å².